The van der Waals surface area contributed by atoms with Gasteiger partial charge in [-0.2, -0.15) is 0 Å². The summed E-state index contributed by atoms with van der Waals surface area (Å²) in [5.74, 6) is -0.619. The first-order valence-corrected chi connectivity index (χ1v) is 6.23. The van der Waals surface area contributed by atoms with Crippen molar-refractivity contribution in [2.24, 2.45) is 0 Å². The highest BCUT2D eigenvalue weighted by Gasteiger charge is 2.39. The molecule has 0 bridgehead atoms. The van der Waals surface area contributed by atoms with E-state index in [0.717, 1.165) is 6.42 Å². The zero-order chi connectivity index (χ0) is 14.0. The minimum atomic E-state index is -0.663. The molecule has 1 aromatic carbocycles. The maximum Gasteiger partial charge on any atom is 0.283 e. The van der Waals surface area contributed by atoms with Crippen LogP contribution in [0.5, 0.6) is 0 Å². The number of hydrogen-bond donors (Lipinski definition) is 2. The van der Waals surface area contributed by atoms with Crippen molar-refractivity contribution >= 4 is 23.2 Å². The van der Waals surface area contributed by atoms with Crippen molar-refractivity contribution in [1.29, 1.82) is 0 Å². The molecule has 0 unspecified atom stereocenters. The van der Waals surface area contributed by atoms with Crippen LogP contribution in [0.25, 0.3) is 0 Å². The smallest absolute Gasteiger partial charge is 0.283 e. The predicted octanol–water partition coefficient (Wildman–Crippen LogP) is 1.89. The molecule has 0 saturated heterocycles. The molecule has 0 atom stereocenters. The summed E-state index contributed by atoms with van der Waals surface area (Å²) in [5, 5.41) is 22.9. The molecule has 0 aliphatic heterocycles. The Hall–Kier alpha value is -1.66. The molecule has 6 nitrogen and oxygen atoms in total. The van der Waals surface area contributed by atoms with Gasteiger partial charge in [-0.1, -0.05) is 17.7 Å². The van der Waals surface area contributed by atoms with Gasteiger partial charge in [0, 0.05) is 6.07 Å². The van der Waals surface area contributed by atoms with E-state index < -0.39 is 16.4 Å². The Morgan fingerprint density at radius 1 is 1.53 bits per heavy atom. The van der Waals surface area contributed by atoms with Crippen molar-refractivity contribution in [3.8, 4) is 0 Å². The molecule has 7 heteroatoms. The quantitative estimate of drug-likeness (QED) is 0.652. The minimum absolute atomic E-state index is 0.0270. The molecule has 1 fully saturated rings. The summed E-state index contributed by atoms with van der Waals surface area (Å²) in [6.07, 6.45) is 2.23. The number of nitro benzene ring substituents is 1. The lowest BCUT2D eigenvalue weighted by Crippen LogP contribution is -2.56. The van der Waals surface area contributed by atoms with Crippen LogP contribution < -0.4 is 5.32 Å². The topological polar surface area (TPSA) is 92.5 Å². The highest BCUT2D eigenvalue weighted by atomic mass is 35.5. The summed E-state index contributed by atoms with van der Waals surface area (Å²) in [6, 6.07) is 4.07. The fraction of sp³-hybridized carbons (Fsp3) is 0.417. The second-order valence-corrected chi connectivity index (χ2v) is 5.04. The van der Waals surface area contributed by atoms with Crippen LogP contribution in [-0.2, 0) is 0 Å². The van der Waals surface area contributed by atoms with E-state index in [1.807, 2.05) is 0 Å². The van der Waals surface area contributed by atoms with E-state index in [4.69, 9.17) is 11.6 Å². The van der Waals surface area contributed by atoms with Crippen molar-refractivity contribution in [3.63, 3.8) is 0 Å². The first-order valence-electron chi connectivity index (χ1n) is 5.85. The maximum atomic E-state index is 12.1. The molecule has 2 rings (SSSR count). The molecular weight excluding hydrogens is 272 g/mol. The number of nitrogens with one attached hydrogen (secondary N) is 1. The molecular formula is C12H13ClN2O4. The molecule has 0 heterocycles. The third kappa shape index (κ3) is 2.54. The van der Waals surface area contributed by atoms with E-state index in [1.165, 1.54) is 18.2 Å². The van der Waals surface area contributed by atoms with Gasteiger partial charge in [0.25, 0.3) is 11.6 Å². The Labute approximate surface area is 114 Å². The first-order chi connectivity index (χ1) is 8.99. The van der Waals surface area contributed by atoms with Crippen LogP contribution in [0.3, 0.4) is 0 Å². The van der Waals surface area contributed by atoms with Crippen molar-refractivity contribution < 1.29 is 14.8 Å². The fourth-order valence-electron chi connectivity index (χ4n) is 2.12. The molecule has 19 heavy (non-hydrogen) atoms. The van der Waals surface area contributed by atoms with Crippen LogP contribution >= 0.6 is 11.6 Å². The number of nitrogens with zero attached hydrogens (tertiary/aromatic N) is 1. The van der Waals surface area contributed by atoms with Gasteiger partial charge in [-0.15, -0.1) is 0 Å². The number of benzene rings is 1. The van der Waals surface area contributed by atoms with Crippen molar-refractivity contribution in [2.75, 3.05) is 6.61 Å². The summed E-state index contributed by atoms with van der Waals surface area (Å²) in [5.41, 5.74) is -1.16. The second-order valence-electron chi connectivity index (χ2n) is 4.64. The van der Waals surface area contributed by atoms with Crippen molar-refractivity contribution in [1.82, 2.24) is 5.32 Å². The number of carbonyl (C=O) groups excluding carboxylic acids is 1. The van der Waals surface area contributed by atoms with Gasteiger partial charge in [0.1, 0.15) is 5.56 Å². The van der Waals surface area contributed by atoms with E-state index in [0.29, 0.717) is 12.8 Å². The number of aliphatic hydroxyl groups excluding tert-OH is 1. The van der Waals surface area contributed by atoms with Gasteiger partial charge < -0.3 is 10.4 Å². The van der Waals surface area contributed by atoms with Crippen LogP contribution in [0, 0.1) is 10.1 Å². The van der Waals surface area contributed by atoms with Gasteiger partial charge in [-0.3, -0.25) is 14.9 Å². The fourth-order valence-corrected chi connectivity index (χ4v) is 2.37. The van der Waals surface area contributed by atoms with Gasteiger partial charge in [0.05, 0.1) is 22.1 Å². The van der Waals surface area contributed by atoms with Crippen LogP contribution in [0.1, 0.15) is 29.6 Å². The Kier molecular flexibility index (Phi) is 3.73. The van der Waals surface area contributed by atoms with E-state index >= 15 is 0 Å². The standard InChI is InChI=1S/C12H13ClN2O4/c13-8-3-1-4-9(15(18)19)10(8)11(17)14-12(7-16)5-2-6-12/h1,3-4,16H,2,5-7H2,(H,14,17). The predicted molar refractivity (Wildman–Crippen MR) is 69.2 cm³/mol. The van der Waals surface area contributed by atoms with Crippen molar-refractivity contribution in [2.45, 2.75) is 24.8 Å². The van der Waals surface area contributed by atoms with Crippen LogP contribution in [-0.4, -0.2) is 28.1 Å². The number of rotatable bonds is 4. The minimum Gasteiger partial charge on any atom is -0.394 e. The van der Waals surface area contributed by atoms with E-state index in [-0.39, 0.29) is 22.9 Å². The number of nitro groups is 1. The Morgan fingerprint density at radius 3 is 2.68 bits per heavy atom. The normalized spacial score (nSPS) is 16.5. The lowest BCUT2D eigenvalue weighted by atomic mass is 9.77. The maximum absolute atomic E-state index is 12.1. The number of aliphatic hydroxyl groups is 1. The molecule has 0 aromatic heterocycles. The van der Waals surface area contributed by atoms with Crippen LogP contribution in [0.2, 0.25) is 5.02 Å². The van der Waals surface area contributed by atoms with Crippen molar-refractivity contribution in [3.05, 3.63) is 38.9 Å². The number of carbonyl (C=O) groups is 1. The Bertz CT molecular complexity index is 523. The molecule has 0 spiro atoms. The molecule has 1 aliphatic rings. The molecule has 102 valence electrons. The van der Waals surface area contributed by atoms with E-state index in [9.17, 15) is 20.0 Å². The number of hydrogen-bond acceptors (Lipinski definition) is 4. The lowest BCUT2D eigenvalue weighted by molar-refractivity contribution is -0.385. The van der Waals surface area contributed by atoms with Gasteiger partial charge in [0.15, 0.2) is 0 Å². The Balaban J connectivity index is 2.31. The zero-order valence-electron chi connectivity index (χ0n) is 10.1. The molecule has 1 aromatic rings. The molecule has 0 radical (unpaired) electrons. The summed E-state index contributed by atoms with van der Waals surface area (Å²) in [4.78, 5) is 22.4. The highest BCUT2D eigenvalue weighted by molar-refractivity contribution is 6.34. The number of amides is 1. The van der Waals surface area contributed by atoms with Crippen LogP contribution in [0.15, 0.2) is 18.2 Å². The highest BCUT2D eigenvalue weighted by Crippen LogP contribution is 2.33. The Morgan fingerprint density at radius 2 is 2.21 bits per heavy atom. The average molecular weight is 285 g/mol. The van der Waals surface area contributed by atoms with Crippen LogP contribution in [0.4, 0.5) is 5.69 Å². The van der Waals surface area contributed by atoms with Gasteiger partial charge in [-0.25, -0.2) is 0 Å². The van der Waals surface area contributed by atoms with E-state index in [2.05, 4.69) is 5.32 Å². The monoisotopic (exact) mass is 284 g/mol. The third-order valence-electron chi connectivity index (χ3n) is 3.41. The summed E-state index contributed by atoms with van der Waals surface area (Å²) in [7, 11) is 0. The average Bonchev–Trinajstić information content (AvgIpc) is 2.33. The first kappa shape index (κ1) is 13.8. The number of halogens is 1. The molecule has 1 aliphatic carbocycles. The van der Waals surface area contributed by atoms with Gasteiger partial charge in [-0.05, 0) is 25.3 Å². The van der Waals surface area contributed by atoms with Gasteiger partial charge >= 0.3 is 0 Å². The lowest BCUT2D eigenvalue weighted by Gasteiger charge is -2.40. The molecule has 2 N–H and O–H groups in total. The third-order valence-corrected chi connectivity index (χ3v) is 3.72. The van der Waals surface area contributed by atoms with Gasteiger partial charge in [0.2, 0.25) is 0 Å². The summed E-state index contributed by atoms with van der Waals surface area (Å²) in [6.45, 7) is -0.184. The second kappa shape index (κ2) is 5.14. The molecule has 1 amide bonds. The SMILES string of the molecule is O=C(NC1(CO)CCC1)c1c(Cl)cccc1[N+](=O)[O-]. The molecule has 1 saturated carbocycles. The summed E-state index contributed by atoms with van der Waals surface area (Å²) >= 11 is 5.87. The zero-order valence-corrected chi connectivity index (χ0v) is 10.8. The summed E-state index contributed by atoms with van der Waals surface area (Å²) < 4.78 is 0. The van der Waals surface area contributed by atoms with E-state index in [1.54, 1.807) is 0 Å². The largest absolute Gasteiger partial charge is 0.394 e.